The van der Waals surface area contributed by atoms with Crippen molar-refractivity contribution in [3.63, 3.8) is 0 Å². The van der Waals surface area contributed by atoms with Crippen LogP contribution in [0.4, 0.5) is 0 Å². The van der Waals surface area contributed by atoms with E-state index in [4.69, 9.17) is 6.42 Å². The Labute approximate surface area is 121 Å². The van der Waals surface area contributed by atoms with Crippen molar-refractivity contribution in [2.24, 2.45) is 0 Å². The maximum absolute atomic E-state index is 5.36. The molecule has 0 saturated heterocycles. The molecule has 0 saturated carbocycles. The van der Waals surface area contributed by atoms with Gasteiger partial charge < -0.3 is 5.32 Å². The highest BCUT2D eigenvalue weighted by atomic mass is 14.9. The molecule has 1 aromatic carbocycles. The second kappa shape index (κ2) is 7.67. The molecule has 0 amide bonds. The van der Waals surface area contributed by atoms with E-state index in [-0.39, 0.29) is 6.04 Å². The van der Waals surface area contributed by atoms with E-state index in [1.54, 1.807) is 0 Å². The molecule has 1 N–H and O–H groups in total. The van der Waals surface area contributed by atoms with E-state index in [1.165, 1.54) is 10.8 Å². The van der Waals surface area contributed by atoms with Crippen LogP contribution in [-0.2, 0) is 0 Å². The highest BCUT2D eigenvalue weighted by molar-refractivity contribution is 5.84. The summed E-state index contributed by atoms with van der Waals surface area (Å²) in [6.07, 6.45) is 11.3. The van der Waals surface area contributed by atoms with Crippen molar-refractivity contribution in [3.05, 3.63) is 42.2 Å². The first-order chi connectivity index (χ1) is 9.86. The Morgan fingerprint density at radius 2 is 2.15 bits per heavy atom. The van der Waals surface area contributed by atoms with Crippen LogP contribution in [0.1, 0.15) is 44.3 Å². The summed E-state index contributed by atoms with van der Waals surface area (Å²) in [6, 6.07) is 10.8. The molecule has 0 radical (unpaired) electrons. The molecule has 104 valence electrons. The molecular weight excluding hydrogens is 244 g/mol. The van der Waals surface area contributed by atoms with Crippen LogP contribution in [0.25, 0.3) is 10.8 Å². The standard InChI is InChI=1S/C18H22N2/c1-3-5-6-11-17(19-13-4-2)18-16-10-8-7-9-15(16)12-14-20-18/h1,7-10,12,14,17,19H,4-6,11,13H2,2H3. The number of hydrogen-bond donors (Lipinski definition) is 1. The minimum atomic E-state index is 0.286. The number of hydrogen-bond acceptors (Lipinski definition) is 2. The normalized spacial score (nSPS) is 12.2. The summed E-state index contributed by atoms with van der Waals surface area (Å²) < 4.78 is 0. The molecule has 2 nitrogen and oxygen atoms in total. The van der Waals surface area contributed by atoms with Crippen LogP contribution in [-0.4, -0.2) is 11.5 Å². The van der Waals surface area contributed by atoms with Crippen molar-refractivity contribution in [3.8, 4) is 12.3 Å². The summed E-state index contributed by atoms with van der Waals surface area (Å²) in [5, 5.41) is 6.09. The van der Waals surface area contributed by atoms with Crippen LogP contribution in [0.5, 0.6) is 0 Å². The average molecular weight is 266 g/mol. The first-order valence-electron chi connectivity index (χ1n) is 7.37. The molecule has 2 aromatic rings. The van der Waals surface area contributed by atoms with Crippen molar-refractivity contribution >= 4 is 10.8 Å². The lowest BCUT2D eigenvalue weighted by molar-refractivity contribution is 0.481. The highest BCUT2D eigenvalue weighted by Gasteiger charge is 2.14. The van der Waals surface area contributed by atoms with E-state index >= 15 is 0 Å². The molecule has 1 heterocycles. The van der Waals surface area contributed by atoms with E-state index < -0.39 is 0 Å². The largest absolute Gasteiger partial charge is 0.309 e. The van der Waals surface area contributed by atoms with Gasteiger partial charge in [0.2, 0.25) is 0 Å². The average Bonchev–Trinajstić information content (AvgIpc) is 2.50. The molecule has 20 heavy (non-hydrogen) atoms. The zero-order valence-electron chi connectivity index (χ0n) is 12.1. The zero-order chi connectivity index (χ0) is 14.2. The minimum absolute atomic E-state index is 0.286. The minimum Gasteiger partial charge on any atom is -0.309 e. The third-order valence-corrected chi connectivity index (χ3v) is 3.49. The topological polar surface area (TPSA) is 24.9 Å². The molecule has 1 atom stereocenters. The Morgan fingerprint density at radius 1 is 1.30 bits per heavy atom. The van der Waals surface area contributed by atoms with Gasteiger partial charge in [0, 0.05) is 18.0 Å². The van der Waals surface area contributed by atoms with Crippen molar-refractivity contribution in [2.45, 2.75) is 38.6 Å². The lowest BCUT2D eigenvalue weighted by Gasteiger charge is -2.19. The van der Waals surface area contributed by atoms with Crippen molar-refractivity contribution in [1.29, 1.82) is 0 Å². The van der Waals surface area contributed by atoms with Crippen LogP contribution < -0.4 is 5.32 Å². The molecule has 2 rings (SSSR count). The van der Waals surface area contributed by atoms with E-state index in [2.05, 4.69) is 53.5 Å². The maximum Gasteiger partial charge on any atom is 0.0651 e. The number of pyridine rings is 1. The van der Waals surface area contributed by atoms with Gasteiger partial charge >= 0.3 is 0 Å². The second-order valence-electron chi connectivity index (χ2n) is 5.02. The van der Waals surface area contributed by atoms with Crippen molar-refractivity contribution in [2.75, 3.05) is 6.54 Å². The van der Waals surface area contributed by atoms with Gasteiger partial charge in [0.25, 0.3) is 0 Å². The van der Waals surface area contributed by atoms with E-state index in [9.17, 15) is 0 Å². The summed E-state index contributed by atoms with van der Waals surface area (Å²) >= 11 is 0. The molecular formula is C18H22N2. The van der Waals surface area contributed by atoms with Gasteiger partial charge in [0.05, 0.1) is 11.7 Å². The van der Waals surface area contributed by atoms with Crippen LogP contribution in [0, 0.1) is 12.3 Å². The Morgan fingerprint density at radius 3 is 2.95 bits per heavy atom. The third kappa shape index (κ3) is 3.59. The van der Waals surface area contributed by atoms with Gasteiger partial charge in [0.1, 0.15) is 0 Å². The lowest BCUT2D eigenvalue weighted by Crippen LogP contribution is -2.23. The summed E-state index contributed by atoms with van der Waals surface area (Å²) in [4.78, 5) is 4.62. The number of rotatable bonds is 7. The monoisotopic (exact) mass is 266 g/mol. The fourth-order valence-corrected chi connectivity index (χ4v) is 2.48. The van der Waals surface area contributed by atoms with Gasteiger partial charge in [-0.3, -0.25) is 4.98 Å². The van der Waals surface area contributed by atoms with Gasteiger partial charge in [-0.1, -0.05) is 31.2 Å². The second-order valence-corrected chi connectivity index (χ2v) is 5.02. The van der Waals surface area contributed by atoms with E-state index in [0.717, 1.165) is 37.9 Å². The summed E-state index contributed by atoms with van der Waals surface area (Å²) in [5.41, 5.74) is 1.15. The molecule has 1 aromatic heterocycles. The van der Waals surface area contributed by atoms with Gasteiger partial charge in [-0.25, -0.2) is 0 Å². The molecule has 0 fully saturated rings. The van der Waals surface area contributed by atoms with Gasteiger partial charge in [-0.2, -0.15) is 0 Å². The third-order valence-electron chi connectivity index (χ3n) is 3.49. The quantitative estimate of drug-likeness (QED) is 0.603. The Balaban J connectivity index is 2.27. The zero-order valence-corrected chi connectivity index (χ0v) is 12.1. The van der Waals surface area contributed by atoms with Crippen molar-refractivity contribution < 1.29 is 0 Å². The number of terminal acetylenes is 1. The smallest absolute Gasteiger partial charge is 0.0651 e. The van der Waals surface area contributed by atoms with E-state index in [0.29, 0.717) is 0 Å². The lowest BCUT2D eigenvalue weighted by atomic mass is 10.0. The highest BCUT2D eigenvalue weighted by Crippen LogP contribution is 2.25. The predicted molar refractivity (Wildman–Crippen MR) is 85.5 cm³/mol. The summed E-state index contributed by atoms with van der Waals surface area (Å²) in [5.74, 6) is 2.72. The van der Waals surface area contributed by atoms with Crippen molar-refractivity contribution in [1.82, 2.24) is 10.3 Å². The number of nitrogens with zero attached hydrogens (tertiary/aromatic N) is 1. The number of aromatic nitrogens is 1. The number of benzene rings is 1. The van der Waals surface area contributed by atoms with Crippen LogP contribution >= 0.6 is 0 Å². The summed E-state index contributed by atoms with van der Waals surface area (Å²) in [6.45, 7) is 3.19. The Bertz CT molecular complexity index is 578. The predicted octanol–water partition coefficient (Wildman–Crippen LogP) is 4.08. The molecule has 0 bridgehead atoms. The van der Waals surface area contributed by atoms with Gasteiger partial charge in [-0.05, 0) is 37.3 Å². The number of nitrogens with one attached hydrogen (secondary N) is 1. The number of unbranched alkanes of at least 4 members (excludes halogenated alkanes) is 1. The fraction of sp³-hybridized carbons (Fsp3) is 0.389. The van der Waals surface area contributed by atoms with Crippen LogP contribution in [0.3, 0.4) is 0 Å². The molecule has 2 heteroatoms. The molecule has 0 aliphatic carbocycles. The molecule has 0 aliphatic rings. The van der Waals surface area contributed by atoms with Crippen LogP contribution in [0.2, 0.25) is 0 Å². The molecule has 0 spiro atoms. The van der Waals surface area contributed by atoms with E-state index in [1.807, 2.05) is 6.20 Å². The fourth-order valence-electron chi connectivity index (χ4n) is 2.48. The van der Waals surface area contributed by atoms with Gasteiger partial charge in [0.15, 0.2) is 0 Å². The number of fused-ring (bicyclic) bond motifs is 1. The Hall–Kier alpha value is -1.85. The molecule has 1 unspecified atom stereocenters. The Kier molecular flexibility index (Phi) is 5.58. The SMILES string of the molecule is C#CCCCC(NCCC)c1nccc2ccccc12. The first-order valence-corrected chi connectivity index (χ1v) is 7.37. The van der Waals surface area contributed by atoms with Crippen LogP contribution in [0.15, 0.2) is 36.5 Å². The van der Waals surface area contributed by atoms with Gasteiger partial charge in [-0.15, -0.1) is 12.3 Å². The first kappa shape index (κ1) is 14.6. The molecule has 0 aliphatic heterocycles. The maximum atomic E-state index is 5.36. The summed E-state index contributed by atoms with van der Waals surface area (Å²) in [7, 11) is 0.